The molecule has 0 radical (unpaired) electrons. The zero-order valence-corrected chi connectivity index (χ0v) is 6.72. The zero-order valence-electron chi connectivity index (χ0n) is 5.13. The topological polar surface area (TPSA) is 23.5 Å². The van der Waals surface area contributed by atoms with Gasteiger partial charge >= 0.3 is 0 Å². The van der Waals surface area contributed by atoms with Crippen molar-refractivity contribution in [2.24, 2.45) is 0 Å². The maximum atomic E-state index is 9.00. The Kier molecular flexibility index (Phi) is 1.93. The van der Waals surface area contributed by atoms with E-state index in [1.165, 1.54) is 5.06 Å². The second-order valence-electron chi connectivity index (χ2n) is 1.96. The average molecular weight is 190 g/mol. The Morgan fingerprint density at radius 1 is 1.78 bits per heavy atom. The molecule has 1 aliphatic heterocycles. The van der Waals surface area contributed by atoms with Gasteiger partial charge in [-0.1, -0.05) is 15.9 Å². The van der Waals surface area contributed by atoms with Crippen LogP contribution in [0.25, 0.3) is 0 Å². The Hall–Kier alpha value is -0.280. The van der Waals surface area contributed by atoms with Crippen LogP contribution >= 0.6 is 15.9 Å². The van der Waals surface area contributed by atoms with E-state index in [1.807, 2.05) is 19.1 Å². The first-order valence-corrected chi connectivity index (χ1v) is 3.50. The molecule has 0 atom stereocenters. The van der Waals surface area contributed by atoms with Crippen LogP contribution in [-0.4, -0.2) is 16.8 Å². The summed E-state index contributed by atoms with van der Waals surface area (Å²) in [6.45, 7) is 2.43. The highest BCUT2D eigenvalue weighted by Crippen LogP contribution is 2.16. The largest absolute Gasteiger partial charge is 0.288 e. The molecule has 1 aliphatic rings. The Bertz CT molecular complexity index is 174. The third-order valence-corrected chi connectivity index (χ3v) is 1.77. The van der Waals surface area contributed by atoms with E-state index in [2.05, 4.69) is 15.9 Å². The molecule has 0 aromatic heterocycles. The lowest BCUT2D eigenvalue weighted by Gasteiger charge is -2.18. The van der Waals surface area contributed by atoms with Gasteiger partial charge < -0.3 is 0 Å². The summed E-state index contributed by atoms with van der Waals surface area (Å²) in [4.78, 5) is 0. The summed E-state index contributed by atoms with van der Waals surface area (Å²) in [6.07, 6.45) is 3.76. The molecule has 1 heterocycles. The molecule has 0 saturated carbocycles. The molecule has 2 nitrogen and oxygen atoms in total. The molecule has 0 aliphatic carbocycles. The SMILES string of the molecule is CC1=CC(Br)=CCN1O. The number of hydroxylamine groups is 2. The zero-order chi connectivity index (χ0) is 6.85. The molecule has 0 aromatic carbocycles. The van der Waals surface area contributed by atoms with Gasteiger partial charge in [0.25, 0.3) is 0 Å². The normalized spacial score (nSPS) is 19.2. The molecule has 0 fully saturated rings. The minimum absolute atomic E-state index is 0.572. The molecule has 0 unspecified atom stereocenters. The smallest absolute Gasteiger partial charge is 0.0644 e. The molecule has 3 heteroatoms. The van der Waals surface area contributed by atoms with Crippen LogP contribution < -0.4 is 0 Å². The van der Waals surface area contributed by atoms with Crippen LogP contribution in [0.1, 0.15) is 6.92 Å². The highest BCUT2D eigenvalue weighted by molar-refractivity contribution is 9.11. The third-order valence-electron chi connectivity index (χ3n) is 1.21. The lowest BCUT2D eigenvalue weighted by molar-refractivity contribution is -0.0451. The van der Waals surface area contributed by atoms with Gasteiger partial charge in [-0.05, 0) is 19.1 Å². The summed E-state index contributed by atoms with van der Waals surface area (Å²) in [7, 11) is 0. The Morgan fingerprint density at radius 2 is 2.44 bits per heavy atom. The van der Waals surface area contributed by atoms with Crippen LogP contribution in [0.4, 0.5) is 0 Å². The summed E-state index contributed by atoms with van der Waals surface area (Å²) in [5, 5.41) is 10.2. The molecule has 1 rings (SSSR count). The predicted molar refractivity (Wildman–Crippen MR) is 39.3 cm³/mol. The molecule has 9 heavy (non-hydrogen) atoms. The monoisotopic (exact) mass is 189 g/mol. The molecule has 0 saturated heterocycles. The van der Waals surface area contributed by atoms with Crippen LogP contribution in [0.3, 0.4) is 0 Å². The summed E-state index contributed by atoms with van der Waals surface area (Å²) >= 11 is 3.30. The molecule has 0 aromatic rings. The van der Waals surface area contributed by atoms with E-state index < -0.39 is 0 Å². The van der Waals surface area contributed by atoms with Crippen molar-refractivity contribution in [1.82, 2.24) is 5.06 Å². The molecule has 0 amide bonds. The van der Waals surface area contributed by atoms with E-state index in [0.717, 1.165) is 10.2 Å². The van der Waals surface area contributed by atoms with Crippen LogP contribution in [0.15, 0.2) is 22.3 Å². The second kappa shape index (κ2) is 2.54. The van der Waals surface area contributed by atoms with Crippen LogP contribution in [0.5, 0.6) is 0 Å². The van der Waals surface area contributed by atoms with Gasteiger partial charge in [0.2, 0.25) is 0 Å². The van der Waals surface area contributed by atoms with Gasteiger partial charge in [0.05, 0.1) is 6.54 Å². The predicted octanol–water partition coefficient (Wildman–Crippen LogP) is 1.87. The fraction of sp³-hybridized carbons (Fsp3) is 0.333. The van der Waals surface area contributed by atoms with Crippen LogP contribution in [-0.2, 0) is 0 Å². The second-order valence-corrected chi connectivity index (χ2v) is 2.87. The fourth-order valence-electron chi connectivity index (χ4n) is 0.651. The number of halogens is 1. The van der Waals surface area contributed by atoms with Gasteiger partial charge in [0.1, 0.15) is 0 Å². The quantitative estimate of drug-likeness (QED) is 0.630. The van der Waals surface area contributed by atoms with Crippen molar-refractivity contribution in [2.75, 3.05) is 6.54 Å². The molecular weight excluding hydrogens is 182 g/mol. The van der Waals surface area contributed by atoms with Crippen LogP contribution in [0, 0.1) is 0 Å². The van der Waals surface area contributed by atoms with E-state index in [1.54, 1.807) is 0 Å². The molecule has 50 valence electrons. The van der Waals surface area contributed by atoms with Crippen molar-refractivity contribution in [3.8, 4) is 0 Å². The van der Waals surface area contributed by atoms with Crippen molar-refractivity contribution in [2.45, 2.75) is 6.92 Å². The van der Waals surface area contributed by atoms with E-state index >= 15 is 0 Å². The maximum absolute atomic E-state index is 9.00. The minimum Gasteiger partial charge on any atom is -0.288 e. The number of rotatable bonds is 0. The van der Waals surface area contributed by atoms with Crippen molar-refractivity contribution in [1.29, 1.82) is 0 Å². The van der Waals surface area contributed by atoms with E-state index in [4.69, 9.17) is 5.21 Å². The van der Waals surface area contributed by atoms with Crippen molar-refractivity contribution in [3.05, 3.63) is 22.3 Å². The Labute approximate surface area is 62.6 Å². The summed E-state index contributed by atoms with van der Waals surface area (Å²) in [6, 6.07) is 0. The van der Waals surface area contributed by atoms with E-state index in [0.29, 0.717) is 6.54 Å². The van der Waals surface area contributed by atoms with Crippen LogP contribution in [0.2, 0.25) is 0 Å². The van der Waals surface area contributed by atoms with E-state index in [9.17, 15) is 0 Å². The standard InChI is InChI=1S/C6H8BrNO/c1-5-4-6(7)2-3-8(5)9/h2,4,9H,3H2,1H3. The number of nitrogens with zero attached hydrogens (tertiary/aromatic N) is 1. The first kappa shape index (κ1) is 6.83. The summed E-state index contributed by atoms with van der Waals surface area (Å²) < 4.78 is 1.03. The highest BCUT2D eigenvalue weighted by atomic mass is 79.9. The Balaban J connectivity index is 2.74. The van der Waals surface area contributed by atoms with Gasteiger partial charge in [-0.15, -0.1) is 0 Å². The molecule has 0 spiro atoms. The Morgan fingerprint density at radius 3 is 2.89 bits per heavy atom. The summed E-state index contributed by atoms with van der Waals surface area (Å²) in [5.74, 6) is 0. The molecule has 1 N–H and O–H groups in total. The van der Waals surface area contributed by atoms with Crippen molar-refractivity contribution in [3.63, 3.8) is 0 Å². The van der Waals surface area contributed by atoms with Crippen molar-refractivity contribution < 1.29 is 5.21 Å². The highest BCUT2D eigenvalue weighted by Gasteiger charge is 2.04. The third kappa shape index (κ3) is 1.56. The molecule has 0 bridgehead atoms. The lowest BCUT2D eigenvalue weighted by atomic mass is 10.3. The lowest BCUT2D eigenvalue weighted by Crippen LogP contribution is -2.19. The average Bonchev–Trinajstić information content (AvgIpc) is 1.80. The van der Waals surface area contributed by atoms with Gasteiger partial charge in [-0.25, -0.2) is 0 Å². The van der Waals surface area contributed by atoms with Crippen molar-refractivity contribution >= 4 is 15.9 Å². The van der Waals surface area contributed by atoms with E-state index in [-0.39, 0.29) is 0 Å². The van der Waals surface area contributed by atoms with Gasteiger partial charge in [0, 0.05) is 10.2 Å². The maximum Gasteiger partial charge on any atom is 0.0644 e. The molecular formula is C6H8BrNO. The van der Waals surface area contributed by atoms with Gasteiger partial charge in [-0.3, -0.25) is 10.3 Å². The summed E-state index contributed by atoms with van der Waals surface area (Å²) in [5.41, 5.74) is 0.865. The number of hydrogen-bond donors (Lipinski definition) is 1. The first-order valence-electron chi connectivity index (χ1n) is 2.70. The number of hydrogen-bond acceptors (Lipinski definition) is 2. The van der Waals surface area contributed by atoms with Gasteiger partial charge in [0.15, 0.2) is 0 Å². The minimum atomic E-state index is 0.572. The fourth-order valence-corrected chi connectivity index (χ4v) is 1.13. The first-order chi connectivity index (χ1) is 4.20. The number of allylic oxidation sites excluding steroid dienone is 3. The van der Waals surface area contributed by atoms with Gasteiger partial charge in [-0.2, -0.15) is 0 Å².